The topological polar surface area (TPSA) is 149 Å². The molecule has 3 aliphatic rings. The van der Waals surface area contributed by atoms with E-state index < -0.39 is 80.0 Å². The highest BCUT2D eigenvalue weighted by Gasteiger charge is 2.76. The molecule has 0 spiro atoms. The van der Waals surface area contributed by atoms with Gasteiger partial charge < -0.3 is 20.4 Å². The second-order valence-corrected chi connectivity index (χ2v) is 15.6. The number of allylic oxidation sites excluding steroid dienone is 2. The Hall–Kier alpha value is -3.26. The van der Waals surface area contributed by atoms with Gasteiger partial charge in [0.2, 0.25) is 5.78 Å². The molecule has 1 unspecified atom stereocenters. The van der Waals surface area contributed by atoms with Gasteiger partial charge in [-0.1, -0.05) is 82.2 Å². The van der Waals surface area contributed by atoms with Crippen molar-refractivity contribution in [1.29, 1.82) is 0 Å². The van der Waals surface area contributed by atoms with Crippen LogP contribution >= 0.6 is 0 Å². The summed E-state index contributed by atoms with van der Waals surface area (Å²) >= 11 is 0. The Morgan fingerprint density at radius 1 is 1.02 bits per heavy atom. The fraction of sp³-hybridized carbons (Fsp3) is 0.622. The Morgan fingerprint density at radius 3 is 2.02 bits per heavy atom. The van der Waals surface area contributed by atoms with Crippen molar-refractivity contribution in [2.45, 2.75) is 119 Å². The van der Waals surface area contributed by atoms with Gasteiger partial charge in [0.25, 0.3) is 0 Å². The number of phenolic OH excluding ortho intramolecular Hbond substituents is 1. The van der Waals surface area contributed by atoms with Gasteiger partial charge in [-0.25, -0.2) is 0 Å². The molecule has 0 fully saturated rings. The molecule has 246 valence electrons. The van der Waals surface area contributed by atoms with E-state index in [0.717, 1.165) is 12.5 Å². The van der Waals surface area contributed by atoms with Crippen LogP contribution in [0, 0.1) is 28.6 Å². The van der Waals surface area contributed by atoms with E-state index in [1.165, 1.54) is 0 Å². The quantitative estimate of drug-likeness (QED) is 0.250. The lowest BCUT2D eigenvalue weighted by molar-refractivity contribution is -0.193. The lowest BCUT2D eigenvalue weighted by Gasteiger charge is -2.65. The monoisotopic (exact) mass is 622 g/mol. The maximum atomic E-state index is 14.9. The Balaban J connectivity index is 2.29. The number of Topliss-reactive ketones (excluding diaryl/α,β-unsaturated/α-hetero) is 4. The van der Waals surface area contributed by atoms with Crippen molar-refractivity contribution in [1.82, 2.24) is 0 Å². The predicted molar refractivity (Wildman–Crippen MR) is 172 cm³/mol. The second kappa shape index (κ2) is 10.6. The van der Waals surface area contributed by atoms with E-state index in [1.54, 1.807) is 34.6 Å². The summed E-state index contributed by atoms with van der Waals surface area (Å²) in [4.78, 5) is 55.4. The largest absolute Gasteiger partial charge is 0.511 e. The molecule has 0 bridgehead atoms. The predicted octanol–water partition coefficient (Wildman–Crippen LogP) is 6.92. The first-order chi connectivity index (χ1) is 20.5. The lowest BCUT2D eigenvalue weighted by atomic mass is 9.38. The van der Waals surface area contributed by atoms with Crippen molar-refractivity contribution in [2.24, 2.45) is 28.6 Å². The third kappa shape index (κ3) is 4.26. The number of benzene rings is 1. The summed E-state index contributed by atoms with van der Waals surface area (Å²) in [6.45, 7) is 21.4. The standard InChI is InChI=1S/C37H50O8/c1-13-20(39)14-23-35(11)18(6)24-21(16(2)3)15-22(34(8,9)10)29(40)26(24)31(42)28(35)33(44)37(45)32(43)25(19(7)38)30(41)27(17(4)5)36(23,37)12/h15-18,23,27,40-41,44-45H,13-14H2,1-12H3/t18-,23-,27?,35-,36-,37+/m1/s1. The summed E-state index contributed by atoms with van der Waals surface area (Å²) in [5.41, 5.74) is -5.26. The smallest absolute Gasteiger partial charge is 0.209 e. The van der Waals surface area contributed by atoms with Crippen LogP contribution in [0.15, 0.2) is 28.7 Å². The fourth-order valence-corrected chi connectivity index (χ4v) is 9.16. The molecule has 0 heterocycles. The second-order valence-electron chi connectivity index (χ2n) is 15.6. The minimum Gasteiger partial charge on any atom is -0.511 e. The van der Waals surface area contributed by atoms with Crippen LogP contribution in [0.1, 0.15) is 135 Å². The molecule has 1 aromatic rings. The average Bonchev–Trinajstić information content (AvgIpc) is 2.90. The molecule has 4 N–H and O–H groups in total. The van der Waals surface area contributed by atoms with Crippen LogP contribution in [0.25, 0.3) is 0 Å². The maximum absolute atomic E-state index is 14.9. The summed E-state index contributed by atoms with van der Waals surface area (Å²) in [5.74, 6) is -7.55. The molecule has 0 radical (unpaired) electrons. The number of ketones is 4. The van der Waals surface area contributed by atoms with Crippen LogP contribution in [0.5, 0.6) is 5.75 Å². The molecular formula is C37H50O8. The minimum atomic E-state index is -2.81. The highest BCUT2D eigenvalue weighted by Crippen LogP contribution is 2.71. The van der Waals surface area contributed by atoms with E-state index in [9.17, 15) is 39.6 Å². The fourth-order valence-electron chi connectivity index (χ4n) is 9.16. The number of rotatable bonds is 6. The Kier molecular flexibility index (Phi) is 8.19. The maximum Gasteiger partial charge on any atom is 0.209 e. The van der Waals surface area contributed by atoms with E-state index in [0.29, 0.717) is 11.1 Å². The molecule has 3 aliphatic carbocycles. The molecule has 0 saturated heterocycles. The van der Waals surface area contributed by atoms with Crippen molar-refractivity contribution in [3.63, 3.8) is 0 Å². The van der Waals surface area contributed by atoms with Crippen molar-refractivity contribution in [3.8, 4) is 5.75 Å². The Labute approximate surface area is 266 Å². The zero-order chi connectivity index (χ0) is 34.5. The number of carbonyl (C=O) groups excluding carboxylic acids is 4. The van der Waals surface area contributed by atoms with Crippen LogP contribution in [-0.2, 0) is 19.8 Å². The van der Waals surface area contributed by atoms with Gasteiger partial charge in [0.1, 0.15) is 28.6 Å². The first kappa shape index (κ1) is 34.6. The number of aromatic hydroxyl groups is 1. The molecular weight excluding hydrogens is 572 g/mol. The lowest BCUT2D eigenvalue weighted by Crippen LogP contribution is -2.71. The van der Waals surface area contributed by atoms with Crippen molar-refractivity contribution in [3.05, 3.63) is 51.0 Å². The third-order valence-electron chi connectivity index (χ3n) is 11.5. The van der Waals surface area contributed by atoms with Gasteiger partial charge in [-0.2, -0.15) is 0 Å². The van der Waals surface area contributed by atoms with E-state index in [-0.39, 0.29) is 41.4 Å². The zero-order valence-corrected chi connectivity index (χ0v) is 28.8. The van der Waals surface area contributed by atoms with Crippen molar-refractivity contribution < 1.29 is 39.6 Å². The van der Waals surface area contributed by atoms with Gasteiger partial charge in [0.15, 0.2) is 17.2 Å². The van der Waals surface area contributed by atoms with Crippen molar-refractivity contribution in [2.75, 3.05) is 0 Å². The number of aliphatic hydroxyl groups is 3. The normalized spacial score (nSPS) is 31.8. The molecule has 8 heteroatoms. The molecule has 6 atom stereocenters. The van der Waals surface area contributed by atoms with Gasteiger partial charge in [-0.05, 0) is 47.1 Å². The molecule has 8 nitrogen and oxygen atoms in total. The highest BCUT2D eigenvalue weighted by atomic mass is 16.4. The van der Waals surface area contributed by atoms with Crippen molar-refractivity contribution >= 4 is 23.1 Å². The first-order valence-electron chi connectivity index (χ1n) is 16.1. The molecule has 4 rings (SSSR count). The Morgan fingerprint density at radius 2 is 1.58 bits per heavy atom. The van der Waals surface area contributed by atoms with Gasteiger partial charge in [0.05, 0.1) is 5.56 Å². The number of hydrogen-bond donors (Lipinski definition) is 4. The number of carbonyl (C=O) groups is 4. The van der Waals surface area contributed by atoms with Crippen LogP contribution in [0.2, 0.25) is 0 Å². The zero-order valence-electron chi connectivity index (χ0n) is 28.8. The molecule has 0 saturated carbocycles. The molecule has 0 aliphatic heterocycles. The van der Waals surface area contributed by atoms with Crippen LogP contribution in [0.3, 0.4) is 0 Å². The van der Waals surface area contributed by atoms with E-state index >= 15 is 0 Å². The summed E-state index contributed by atoms with van der Waals surface area (Å²) in [7, 11) is 0. The molecule has 0 aromatic heterocycles. The summed E-state index contributed by atoms with van der Waals surface area (Å²) in [6.07, 6.45) is -0.00336. The Bertz CT molecular complexity index is 1580. The average molecular weight is 623 g/mol. The highest BCUT2D eigenvalue weighted by molar-refractivity contribution is 6.25. The summed E-state index contributed by atoms with van der Waals surface area (Å²) in [6, 6.07) is 1.93. The van der Waals surface area contributed by atoms with Crippen LogP contribution in [-0.4, -0.2) is 49.2 Å². The van der Waals surface area contributed by atoms with Gasteiger partial charge in [-0.3, -0.25) is 19.2 Å². The first-order valence-corrected chi connectivity index (χ1v) is 16.1. The van der Waals surface area contributed by atoms with Crippen LogP contribution < -0.4 is 0 Å². The number of aliphatic hydroxyl groups excluding tert-OH is 2. The van der Waals surface area contributed by atoms with Gasteiger partial charge in [-0.15, -0.1) is 0 Å². The number of fused-ring (bicyclic) bond motifs is 3. The summed E-state index contributed by atoms with van der Waals surface area (Å²) < 4.78 is 0. The number of hydrogen-bond acceptors (Lipinski definition) is 8. The SMILES string of the molecule is CCC(=O)C[C@@H]1[C@]2(C)C(=C(O)[C@@]3(O)C(=O)C(C(C)=O)=C(O)C(C(C)C)[C@@]13C)C(=O)c1c(O)c(C(C)(C)C)cc(C(C)C)c1[C@H]2C. The van der Waals surface area contributed by atoms with E-state index in [4.69, 9.17) is 0 Å². The van der Waals surface area contributed by atoms with Gasteiger partial charge >= 0.3 is 0 Å². The molecule has 0 amide bonds. The van der Waals surface area contributed by atoms with Gasteiger partial charge in [0, 0.05) is 40.7 Å². The third-order valence-corrected chi connectivity index (χ3v) is 11.5. The van der Waals surface area contributed by atoms with E-state index in [2.05, 4.69) is 0 Å². The molecule has 1 aromatic carbocycles. The summed E-state index contributed by atoms with van der Waals surface area (Å²) in [5, 5.41) is 48.4. The molecule has 45 heavy (non-hydrogen) atoms. The van der Waals surface area contributed by atoms with Crippen LogP contribution in [0.4, 0.5) is 0 Å². The number of phenols is 1. The minimum absolute atomic E-state index is 0.0132. The van der Waals surface area contributed by atoms with E-state index in [1.807, 2.05) is 47.6 Å².